The molecule has 0 spiro atoms. The first-order valence-corrected chi connectivity index (χ1v) is 9.20. The number of piperidine rings is 2. The molecule has 1 atom stereocenters. The second-order valence-electron chi connectivity index (χ2n) is 7.41. The Labute approximate surface area is 155 Å². The van der Waals surface area contributed by atoms with E-state index >= 15 is 0 Å². The Kier molecular flexibility index (Phi) is 5.74. The van der Waals surface area contributed by atoms with Gasteiger partial charge in [0.25, 0.3) is 5.92 Å². The van der Waals surface area contributed by atoms with Gasteiger partial charge in [-0.1, -0.05) is 18.2 Å². The highest BCUT2D eigenvalue weighted by Crippen LogP contribution is 2.33. The van der Waals surface area contributed by atoms with Gasteiger partial charge in [0.15, 0.2) is 0 Å². The predicted molar refractivity (Wildman–Crippen MR) is 90.2 cm³/mol. The molecule has 150 valence electrons. The molecule has 27 heavy (non-hydrogen) atoms. The molecule has 0 aromatic heterocycles. The van der Waals surface area contributed by atoms with Crippen LogP contribution in [0.1, 0.15) is 36.8 Å². The van der Waals surface area contributed by atoms with Crippen molar-refractivity contribution < 1.29 is 26.7 Å². The van der Waals surface area contributed by atoms with E-state index in [9.17, 15) is 26.7 Å². The Balaban J connectivity index is 1.63. The molecule has 2 aliphatic rings. The van der Waals surface area contributed by atoms with Gasteiger partial charge < -0.3 is 4.90 Å². The predicted octanol–water partition coefficient (Wildman–Crippen LogP) is 4.18. The molecule has 2 saturated heterocycles. The fourth-order valence-corrected chi connectivity index (χ4v) is 3.89. The Morgan fingerprint density at radius 3 is 2.44 bits per heavy atom. The minimum absolute atomic E-state index is 0.0409. The molecule has 0 radical (unpaired) electrons. The lowest BCUT2D eigenvalue weighted by Gasteiger charge is -2.38. The van der Waals surface area contributed by atoms with Crippen molar-refractivity contribution in [2.24, 2.45) is 5.92 Å². The van der Waals surface area contributed by atoms with Crippen LogP contribution in [0.2, 0.25) is 0 Å². The van der Waals surface area contributed by atoms with Crippen LogP contribution in [-0.2, 0) is 17.5 Å². The van der Waals surface area contributed by atoms with Crippen molar-refractivity contribution >= 4 is 5.91 Å². The number of carbonyl (C=O) groups excluding carboxylic acids is 1. The fourth-order valence-electron chi connectivity index (χ4n) is 3.89. The van der Waals surface area contributed by atoms with E-state index in [4.69, 9.17) is 0 Å². The first-order valence-electron chi connectivity index (χ1n) is 9.20. The summed E-state index contributed by atoms with van der Waals surface area (Å²) in [5.74, 6) is -3.21. The molecular formula is C19H23F5N2O. The third-order valence-corrected chi connectivity index (χ3v) is 5.38. The first kappa shape index (κ1) is 20.0. The van der Waals surface area contributed by atoms with E-state index in [1.54, 1.807) is 6.07 Å². The minimum Gasteiger partial charge on any atom is -0.342 e. The number of rotatable bonds is 3. The third-order valence-electron chi connectivity index (χ3n) is 5.38. The number of likely N-dealkylation sites (tertiary alicyclic amines) is 2. The number of nitrogens with zero attached hydrogens (tertiary/aromatic N) is 2. The van der Waals surface area contributed by atoms with Gasteiger partial charge in [0, 0.05) is 39.0 Å². The molecule has 1 amide bonds. The standard InChI is InChI=1S/C19H23F5N2O/c20-18(21)7-10-26(11-8-18)17(27)15-5-3-9-25(13-15)12-14-4-1-2-6-16(14)19(22,23)24/h1-2,4,6,15H,3,5,7-13H2. The summed E-state index contributed by atoms with van der Waals surface area (Å²) in [4.78, 5) is 16.0. The highest BCUT2D eigenvalue weighted by atomic mass is 19.4. The molecule has 3 rings (SSSR count). The zero-order valence-electron chi connectivity index (χ0n) is 14.9. The van der Waals surface area contributed by atoms with Crippen LogP contribution in [-0.4, -0.2) is 47.8 Å². The first-order chi connectivity index (χ1) is 12.7. The second kappa shape index (κ2) is 7.73. The molecule has 0 N–H and O–H groups in total. The van der Waals surface area contributed by atoms with E-state index in [0.29, 0.717) is 25.9 Å². The Morgan fingerprint density at radius 2 is 1.78 bits per heavy atom. The quantitative estimate of drug-likeness (QED) is 0.723. The molecule has 8 heteroatoms. The average Bonchev–Trinajstić information content (AvgIpc) is 2.61. The van der Waals surface area contributed by atoms with Gasteiger partial charge in [0.05, 0.1) is 11.5 Å². The third kappa shape index (κ3) is 4.97. The van der Waals surface area contributed by atoms with Gasteiger partial charge in [-0.25, -0.2) is 8.78 Å². The lowest BCUT2D eigenvalue weighted by Crippen LogP contribution is -2.48. The molecule has 0 saturated carbocycles. The summed E-state index contributed by atoms with van der Waals surface area (Å²) in [5.41, 5.74) is -0.465. The SMILES string of the molecule is O=C(C1CCCN(Cc2ccccc2C(F)(F)F)C1)N1CCC(F)(F)CC1. The molecule has 2 aliphatic heterocycles. The van der Waals surface area contributed by atoms with Gasteiger partial charge in [-0.15, -0.1) is 0 Å². The molecule has 0 bridgehead atoms. The molecular weight excluding hydrogens is 367 g/mol. The van der Waals surface area contributed by atoms with Crippen molar-refractivity contribution in [1.82, 2.24) is 9.80 Å². The molecule has 1 aromatic rings. The monoisotopic (exact) mass is 390 g/mol. The maximum atomic E-state index is 13.3. The van der Waals surface area contributed by atoms with Gasteiger partial charge in [-0.05, 0) is 31.0 Å². The molecule has 3 nitrogen and oxygen atoms in total. The van der Waals surface area contributed by atoms with Gasteiger partial charge in [0.2, 0.25) is 5.91 Å². The van der Waals surface area contributed by atoms with Gasteiger partial charge in [-0.3, -0.25) is 9.69 Å². The van der Waals surface area contributed by atoms with Crippen LogP contribution in [0, 0.1) is 5.92 Å². The maximum absolute atomic E-state index is 13.3. The molecule has 0 aliphatic carbocycles. The average molecular weight is 390 g/mol. The Morgan fingerprint density at radius 1 is 1.11 bits per heavy atom. The van der Waals surface area contributed by atoms with Crippen LogP contribution < -0.4 is 0 Å². The summed E-state index contributed by atoms with van der Waals surface area (Å²) in [5, 5.41) is 0. The summed E-state index contributed by atoms with van der Waals surface area (Å²) in [6.45, 7) is 1.18. The van der Waals surface area contributed by atoms with Crippen LogP contribution in [0.3, 0.4) is 0 Å². The van der Waals surface area contributed by atoms with Crippen LogP contribution >= 0.6 is 0 Å². The van der Waals surface area contributed by atoms with Crippen LogP contribution in [0.15, 0.2) is 24.3 Å². The van der Waals surface area contributed by atoms with Gasteiger partial charge in [-0.2, -0.15) is 13.2 Å². The molecule has 1 aromatic carbocycles. The summed E-state index contributed by atoms with van der Waals surface area (Å²) >= 11 is 0. The normalized spacial score (nSPS) is 24.0. The number of hydrogen-bond donors (Lipinski definition) is 0. The van der Waals surface area contributed by atoms with E-state index in [0.717, 1.165) is 6.07 Å². The van der Waals surface area contributed by atoms with Gasteiger partial charge in [0.1, 0.15) is 0 Å². The summed E-state index contributed by atoms with van der Waals surface area (Å²) in [6.07, 6.45) is -3.72. The van der Waals surface area contributed by atoms with Crippen LogP contribution in [0.25, 0.3) is 0 Å². The highest BCUT2D eigenvalue weighted by molar-refractivity contribution is 5.79. The van der Waals surface area contributed by atoms with E-state index in [2.05, 4.69) is 0 Å². The summed E-state index contributed by atoms with van der Waals surface area (Å²) < 4.78 is 66.1. The second-order valence-corrected chi connectivity index (χ2v) is 7.41. The fraction of sp³-hybridized carbons (Fsp3) is 0.632. The molecule has 2 fully saturated rings. The Bertz CT molecular complexity index is 666. The van der Waals surface area contributed by atoms with Crippen LogP contribution in [0.5, 0.6) is 0 Å². The van der Waals surface area contributed by atoms with Crippen molar-refractivity contribution in [3.05, 3.63) is 35.4 Å². The number of halogens is 5. The van der Waals surface area contributed by atoms with E-state index < -0.39 is 17.7 Å². The summed E-state index contributed by atoms with van der Waals surface area (Å²) in [7, 11) is 0. The highest BCUT2D eigenvalue weighted by Gasteiger charge is 2.38. The van der Waals surface area contributed by atoms with Crippen molar-refractivity contribution in [3.8, 4) is 0 Å². The smallest absolute Gasteiger partial charge is 0.342 e. The zero-order chi connectivity index (χ0) is 19.7. The number of benzene rings is 1. The van der Waals surface area contributed by atoms with E-state index in [1.165, 1.54) is 17.0 Å². The minimum atomic E-state index is -4.42. The van der Waals surface area contributed by atoms with Crippen molar-refractivity contribution in [2.75, 3.05) is 26.2 Å². The number of alkyl halides is 5. The summed E-state index contributed by atoms with van der Waals surface area (Å²) in [6, 6.07) is 5.46. The number of hydrogen-bond acceptors (Lipinski definition) is 2. The van der Waals surface area contributed by atoms with Gasteiger partial charge >= 0.3 is 6.18 Å². The van der Waals surface area contributed by atoms with E-state index in [-0.39, 0.29) is 49.9 Å². The number of amides is 1. The lowest BCUT2D eigenvalue weighted by atomic mass is 9.94. The maximum Gasteiger partial charge on any atom is 0.416 e. The molecule has 2 heterocycles. The van der Waals surface area contributed by atoms with E-state index in [1.807, 2.05) is 4.90 Å². The van der Waals surface area contributed by atoms with Crippen molar-refractivity contribution in [2.45, 2.75) is 44.3 Å². The number of carbonyl (C=O) groups is 1. The topological polar surface area (TPSA) is 23.6 Å². The van der Waals surface area contributed by atoms with Crippen LogP contribution in [0.4, 0.5) is 22.0 Å². The largest absolute Gasteiger partial charge is 0.416 e. The zero-order valence-corrected chi connectivity index (χ0v) is 14.9. The Hall–Kier alpha value is -1.70. The lowest BCUT2D eigenvalue weighted by molar-refractivity contribution is -0.144. The molecule has 1 unspecified atom stereocenters. The van der Waals surface area contributed by atoms with Crippen molar-refractivity contribution in [1.29, 1.82) is 0 Å². The van der Waals surface area contributed by atoms with Crippen molar-refractivity contribution in [3.63, 3.8) is 0 Å².